The maximum Gasteiger partial charge on any atom is 0.412 e. The third-order valence-corrected chi connectivity index (χ3v) is 5.34. The first-order chi connectivity index (χ1) is 16.6. The van der Waals surface area contributed by atoms with Crippen LogP contribution in [0, 0.1) is 6.92 Å². The smallest absolute Gasteiger partial charge is 0.412 e. The number of hydrogen-bond donors (Lipinski definition) is 1. The van der Waals surface area contributed by atoms with Crippen molar-refractivity contribution >= 4 is 22.7 Å². The molecule has 6 heteroatoms. The van der Waals surface area contributed by atoms with E-state index in [1.165, 1.54) is 0 Å². The summed E-state index contributed by atoms with van der Waals surface area (Å²) in [5.41, 5.74) is 2.97. The number of amides is 1. The topological polar surface area (TPSA) is 69.7 Å². The number of fused-ring (bicyclic) bond motifs is 1. The van der Waals surface area contributed by atoms with Gasteiger partial charge in [0.05, 0.1) is 17.8 Å². The molecule has 0 radical (unpaired) electrons. The molecule has 34 heavy (non-hydrogen) atoms. The predicted octanol–water partition coefficient (Wildman–Crippen LogP) is 7.26. The summed E-state index contributed by atoms with van der Waals surface area (Å²) in [6.45, 7) is 4.75. The second-order valence-electron chi connectivity index (χ2n) is 7.87. The largest absolute Gasteiger partial charge is 0.493 e. The van der Waals surface area contributed by atoms with Gasteiger partial charge in [0.25, 0.3) is 0 Å². The van der Waals surface area contributed by atoms with Crippen LogP contribution in [0.1, 0.15) is 31.0 Å². The van der Waals surface area contributed by atoms with E-state index in [1.54, 1.807) is 24.3 Å². The molecule has 1 amide bonds. The van der Waals surface area contributed by atoms with Gasteiger partial charge < -0.3 is 14.2 Å². The van der Waals surface area contributed by atoms with Gasteiger partial charge in [-0.25, -0.2) is 9.78 Å². The highest BCUT2D eigenvalue weighted by molar-refractivity contribution is 5.87. The number of nitrogens with one attached hydrogen (secondary N) is 1. The Morgan fingerprint density at radius 1 is 0.912 bits per heavy atom. The van der Waals surface area contributed by atoms with Gasteiger partial charge in [-0.05, 0) is 61.9 Å². The number of hydrogen-bond acceptors (Lipinski definition) is 5. The molecule has 0 saturated heterocycles. The van der Waals surface area contributed by atoms with Crippen molar-refractivity contribution in [3.63, 3.8) is 0 Å². The third-order valence-electron chi connectivity index (χ3n) is 5.34. The molecule has 6 nitrogen and oxygen atoms in total. The van der Waals surface area contributed by atoms with Crippen molar-refractivity contribution in [2.45, 2.75) is 33.3 Å². The summed E-state index contributed by atoms with van der Waals surface area (Å²) in [4.78, 5) is 17.1. The predicted molar refractivity (Wildman–Crippen MR) is 134 cm³/mol. The molecular formula is C28H28N2O4. The lowest BCUT2D eigenvalue weighted by Gasteiger charge is -2.15. The van der Waals surface area contributed by atoms with Gasteiger partial charge in [0.1, 0.15) is 23.9 Å². The van der Waals surface area contributed by atoms with Gasteiger partial charge >= 0.3 is 6.09 Å². The molecule has 3 aromatic carbocycles. The van der Waals surface area contributed by atoms with Gasteiger partial charge in [-0.3, -0.25) is 5.32 Å². The number of anilines is 1. The van der Waals surface area contributed by atoms with E-state index in [0.29, 0.717) is 23.7 Å². The molecule has 0 atom stereocenters. The van der Waals surface area contributed by atoms with Gasteiger partial charge in [0.15, 0.2) is 0 Å². The zero-order valence-corrected chi connectivity index (χ0v) is 19.4. The fourth-order valence-corrected chi connectivity index (χ4v) is 3.49. The summed E-state index contributed by atoms with van der Waals surface area (Å²) in [5.74, 6) is 2.22. The van der Waals surface area contributed by atoms with Crippen LogP contribution in [-0.2, 0) is 11.3 Å². The second-order valence-corrected chi connectivity index (χ2v) is 7.87. The van der Waals surface area contributed by atoms with E-state index < -0.39 is 6.09 Å². The molecule has 0 bridgehead atoms. The first kappa shape index (κ1) is 23.1. The lowest BCUT2D eigenvalue weighted by molar-refractivity contribution is 0.153. The molecule has 0 unspecified atom stereocenters. The van der Waals surface area contributed by atoms with Crippen molar-refractivity contribution in [3.05, 3.63) is 90.1 Å². The van der Waals surface area contributed by atoms with E-state index in [9.17, 15) is 4.79 Å². The number of carbonyl (C=O) groups is 1. The highest BCUT2D eigenvalue weighted by Gasteiger charge is 2.15. The zero-order chi connectivity index (χ0) is 23.8. The van der Waals surface area contributed by atoms with E-state index in [2.05, 4.69) is 12.2 Å². The molecule has 1 N–H and O–H groups in total. The van der Waals surface area contributed by atoms with Crippen LogP contribution < -0.4 is 14.8 Å². The van der Waals surface area contributed by atoms with Gasteiger partial charge in [0.2, 0.25) is 0 Å². The molecule has 1 heterocycles. The number of para-hydroxylation sites is 2. The molecule has 1 aromatic heterocycles. The number of unbranched alkanes of at least 4 members (excludes halogenated alkanes) is 1. The molecule has 0 aliphatic carbocycles. The normalized spacial score (nSPS) is 10.6. The van der Waals surface area contributed by atoms with Crippen molar-refractivity contribution in [2.75, 3.05) is 11.9 Å². The summed E-state index contributed by atoms with van der Waals surface area (Å²) in [5, 5.41) is 3.70. The van der Waals surface area contributed by atoms with Gasteiger partial charge in [-0.1, -0.05) is 43.7 Å². The average Bonchev–Trinajstić information content (AvgIpc) is 2.86. The van der Waals surface area contributed by atoms with Crippen LogP contribution in [0.15, 0.2) is 78.9 Å². The van der Waals surface area contributed by atoms with E-state index in [4.69, 9.17) is 19.2 Å². The minimum atomic E-state index is -0.556. The van der Waals surface area contributed by atoms with E-state index in [-0.39, 0.29) is 6.61 Å². The summed E-state index contributed by atoms with van der Waals surface area (Å²) < 4.78 is 17.3. The molecule has 0 fully saturated rings. The number of carbonyl (C=O) groups excluding carboxylic acids is 1. The maximum absolute atomic E-state index is 12.4. The Bertz CT molecular complexity index is 1240. The Hall–Kier alpha value is -4.06. The fraction of sp³-hybridized carbons (Fsp3) is 0.214. The molecule has 4 rings (SSSR count). The summed E-state index contributed by atoms with van der Waals surface area (Å²) in [6, 6.07) is 24.5. The molecule has 174 valence electrons. The van der Waals surface area contributed by atoms with Crippen molar-refractivity contribution in [1.29, 1.82) is 0 Å². The summed E-state index contributed by atoms with van der Waals surface area (Å²) in [7, 11) is 0. The summed E-state index contributed by atoms with van der Waals surface area (Å²) >= 11 is 0. The van der Waals surface area contributed by atoms with Crippen LogP contribution in [0.25, 0.3) is 10.9 Å². The van der Waals surface area contributed by atoms with Crippen molar-refractivity contribution < 1.29 is 19.0 Å². The van der Waals surface area contributed by atoms with Crippen LogP contribution in [0.3, 0.4) is 0 Å². The molecule has 0 spiro atoms. The first-order valence-electron chi connectivity index (χ1n) is 11.4. The lowest BCUT2D eigenvalue weighted by atomic mass is 10.1. The SMILES string of the molecule is CCCCOc1c(C)c(COC(=O)Nc2ccc(Oc3ccccc3)cc2)nc2ccccc12. The number of nitrogens with zero attached hydrogens (tertiary/aromatic N) is 1. The van der Waals surface area contributed by atoms with E-state index in [0.717, 1.165) is 40.8 Å². The van der Waals surface area contributed by atoms with Crippen LogP contribution >= 0.6 is 0 Å². The average molecular weight is 457 g/mol. The van der Waals surface area contributed by atoms with Crippen molar-refractivity contribution in [1.82, 2.24) is 4.98 Å². The Kier molecular flexibility index (Phi) is 7.60. The zero-order valence-electron chi connectivity index (χ0n) is 19.4. The quantitative estimate of drug-likeness (QED) is 0.268. The Morgan fingerprint density at radius 2 is 1.62 bits per heavy atom. The van der Waals surface area contributed by atoms with Crippen LogP contribution in [-0.4, -0.2) is 17.7 Å². The van der Waals surface area contributed by atoms with E-state index >= 15 is 0 Å². The monoisotopic (exact) mass is 456 g/mol. The number of aromatic nitrogens is 1. The van der Waals surface area contributed by atoms with Gasteiger partial charge in [0, 0.05) is 16.6 Å². The highest BCUT2D eigenvalue weighted by atomic mass is 16.5. The Morgan fingerprint density at radius 3 is 2.38 bits per heavy atom. The lowest BCUT2D eigenvalue weighted by Crippen LogP contribution is -2.14. The number of benzene rings is 3. The van der Waals surface area contributed by atoms with Crippen molar-refractivity contribution in [3.8, 4) is 17.2 Å². The fourth-order valence-electron chi connectivity index (χ4n) is 3.49. The number of ether oxygens (including phenoxy) is 3. The van der Waals surface area contributed by atoms with Crippen molar-refractivity contribution in [2.24, 2.45) is 0 Å². The standard InChI is InChI=1S/C28H28N2O4/c1-3-4-18-32-27-20(2)26(30-25-13-9-8-12-24(25)27)19-33-28(31)29-21-14-16-23(17-15-21)34-22-10-6-5-7-11-22/h5-17H,3-4,18-19H2,1-2H3,(H,29,31). The first-order valence-corrected chi connectivity index (χ1v) is 11.4. The molecule has 4 aromatic rings. The maximum atomic E-state index is 12.4. The molecule has 0 aliphatic rings. The molecular weight excluding hydrogens is 428 g/mol. The number of rotatable bonds is 9. The second kappa shape index (κ2) is 11.2. The third kappa shape index (κ3) is 5.84. The Labute approximate surface area is 199 Å². The van der Waals surface area contributed by atoms with Crippen LogP contribution in [0.4, 0.5) is 10.5 Å². The molecule has 0 saturated carbocycles. The number of pyridine rings is 1. The minimum absolute atomic E-state index is 0.0435. The minimum Gasteiger partial charge on any atom is -0.493 e. The van der Waals surface area contributed by atoms with Crippen LogP contribution in [0.2, 0.25) is 0 Å². The van der Waals surface area contributed by atoms with Gasteiger partial charge in [-0.15, -0.1) is 0 Å². The molecule has 0 aliphatic heterocycles. The van der Waals surface area contributed by atoms with Crippen LogP contribution in [0.5, 0.6) is 17.2 Å². The van der Waals surface area contributed by atoms with Gasteiger partial charge in [-0.2, -0.15) is 0 Å². The highest BCUT2D eigenvalue weighted by Crippen LogP contribution is 2.31. The summed E-state index contributed by atoms with van der Waals surface area (Å²) in [6.07, 6.45) is 1.47. The van der Waals surface area contributed by atoms with E-state index in [1.807, 2.05) is 61.5 Å². The Balaban J connectivity index is 1.39.